The van der Waals surface area contributed by atoms with Crippen LogP contribution in [0.25, 0.3) is 0 Å². The van der Waals surface area contributed by atoms with Crippen LogP contribution < -0.4 is 5.73 Å². The molecule has 0 spiro atoms. The standard InChI is InChI=1S/C9H10BrClFN/c1-9(2,13)5-3-4-6(10)8(12)7(5)11/h3-4H,13H2,1-2H3. The fourth-order valence-corrected chi connectivity index (χ4v) is 1.88. The maximum Gasteiger partial charge on any atom is 0.156 e. The molecule has 0 unspecified atom stereocenters. The Morgan fingerprint density at radius 3 is 2.46 bits per heavy atom. The van der Waals surface area contributed by atoms with Crippen LogP contribution in [-0.4, -0.2) is 0 Å². The van der Waals surface area contributed by atoms with Crippen LogP contribution in [0.5, 0.6) is 0 Å². The summed E-state index contributed by atoms with van der Waals surface area (Å²) in [6.45, 7) is 3.56. The zero-order chi connectivity index (χ0) is 10.2. The molecule has 0 radical (unpaired) electrons. The summed E-state index contributed by atoms with van der Waals surface area (Å²) in [4.78, 5) is 0. The second kappa shape index (κ2) is 3.56. The quantitative estimate of drug-likeness (QED) is 0.774. The van der Waals surface area contributed by atoms with Crippen LogP contribution in [0.3, 0.4) is 0 Å². The van der Waals surface area contributed by atoms with Gasteiger partial charge in [-0.15, -0.1) is 0 Å². The first-order valence-electron chi connectivity index (χ1n) is 3.77. The third-order valence-electron chi connectivity index (χ3n) is 1.73. The lowest BCUT2D eigenvalue weighted by molar-refractivity contribution is 0.543. The molecular weight excluding hydrogens is 256 g/mol. The minimum atomic E-state index is -0.626. The van der Waals surface area contributed by atoms with Gasteiger partial charge in [0.05, 0.1) is 9.50 Å². The second-order valence-corrected chi connectivity index (χ2v) is 4.68. The van der Waals surface area contributed by atoms with Crippen molar-refractivity contribution >= 4 is 27.5 Å². The Morgan fingerprint density at radius 1 is 1.46 bits per heavy atom. The molecule has 0 bridgehead atoms. The van der Waals surface area contributed by atoms with E-state index < -0.39 is 11.4 Å². The molecule has 2 N–H and O–H groups in total. The topological polar surface area (TPSA) is 26.0 Å². The monoisotopic (exact) mass is 265 g/mol. The van der Waals surface area contributed by atoms with Crippen LogP contribution in [-0.2, 0) is 5.54 Å². The van der Waals surface area contributed by atoms with Gasteiger partial charge in [0.25, 0.3) is 0 Å². The average Bonchev–Trinajstić information content (AvgIpc) is 1.98. The van der Waals surface area contributed by atoms with Crippen molar-refractivity contribution in [1.29, 1.82) is 0 Å². The summed E-state index contributed by atoms with van der Waals surface area (Å²) < 4.78 is 13.6. The van der Waals surface area contributed by atoms with Crippen molar-refractivity contribution in [3.63, 3.8) is 0 Å². The average molecular weight is 267 g/mol. The Balaban J connectivity index is 3.35. The van der Waals surface area contributed by atoms with Gasteiger partial charge in [-0.05, 0) is 41.4 Å². The SMILES string of the molecule is CC(C)(N)c1ccc(Br)c(F)c1Cl. The van der Waals surface area contributed by atoms with Gasteiger partial charge in [-0.2, -0.15) is 0 Å². The van der Waals surface area contributed by atoms with Crippen molar-refractivity contribution in [3.05, 3.63) is 33.0 Å². The molecule has 0 saturated heterocycles. The molecule has 0 aromatic heterocycles. The molecule has 4 heteroatoms. The highest BCUT2D eigenvalue weighted by Crippen LogP contribution is 2.31. The smallest absolute Gasteiger partial charge is 0.156 e. The van der Waals surface area contributed by atoms with Crippen LogP contribution in [0.15, 0.2) is 16.6 Å². The maximum atomic E-state index is 13.3. The summed E-state index contributed by atoms with van der Waals surface area (Å²) in [5.74, 6) is -0.460. The highest BCUT2D eigenvalue weighted by atomic mass is 79.9. The molecule has 0 aliphatic rings. The molecule has 1 rings (SSSR count). The lowest BCUT2D eigenvalue weighted by Crippen LogP contribution is -2.29. The number of nitrogens with two attached hydrogens (primary N) is 1. The first kappa shape index (κ1) is 11.0. The summed E-state index contributed by atoms with van der Waals surface area (Å²) in [5, 5.41) is 0.0851. The summed E-state index contributed by atoms with van der Waals surface area (Å²) >= 11 is 8.84. The van der Waals surface area contributed by atoms with Gasteiger partial charge < -0.3 is 5.73 Å². The van der Waals surface area contributed by atoms with Crippen molar-refractivity contribution in [2.45, 2.75) is 19.4 Å². The fourth-order valence-electron chi connectivity index (χ4n) is 1.02. The molecule has 1 aromatic carbocycles. The summed E-state index contributed by atoms with van der Waals surface area (Å²) in [6.07, 6.45) is 0. The molecule has 1 aromatic rings. The van der Waals surface area contributed by atoms with Gasteiger partial charge in [-0.3, -0.25) is 0 Å². The fraction of sp³-hybridized carbons (Fsp3) is 0.333. The normalized spacial score (nSPS) is 11.8. The van der Waals surface area contributed by atoms with Gasteiger partial charge in [0.1, 0.15) is 0 Å². The Kier molecular flexibility index (Phi) is 3.00. The highest BCUT2D eigenvalue weighted by Gasteiger charge is 2.20. The molecular formula is C9H10BrClFN. The third-order valence-corrected chi connectivity index (χ3v) is 2.71. The summed E-state index contributed by atoms with van der Waals surface area (Å²) in [7, 11) is 0. The van der Waals surface area contributed by atoms with E-state index in [1.54, 1.807) is 26.0 Å². The molecule has 0 fully saturated rings. The maximum absolute atomic E-state index is 13.3. The zero-order valence-corrected chi connectivity index (χ0v) is 9.71. The van der Waals surface area contributed by atoms with Gasteiger partial charge in [-0.1, -0.05) is 17.7 Å². The predicted octanol–water partition coefficient (Wildman–Crippen LogP) is 3.44. The van der Waals surface area contributed by atoms with E-state index in [1.165, 1.54) is 0 Å². The highest BCUT2D eigenvalue weighted by molar-refractivity contribution is 9.10. The van der Waals surface area contributed by atoms with Gasteiger partial charge >= 0.3 is 0 Å². The van der Waals surface area contributed by atoms with Gasteiger partial charge in [0, 0.05) is 5.54 Å². The Bertz CT molecular complexity index is 333. The van der Waals surface area contributed by atoms with E-state index in [1.807, 2.05) is 0 Å². The predicted molar refractivity (Wildman–Crippen MR) is 56.3 cm³/mol. The van der Waals surface area contributed by atoms with E-state index in [9.17, 15) is 4.39 Å². The molecule has 0 atom stereocenters. The van der Waals surface area contributed by atoms with Crippen LogP contribution in [0.4, 0.5) is 4.39 Å². The molecule has 0 saturated carbocycles. The molecule has 1 nitrogen and oxygen atoms in total. The van der Waals surface area contributed by atoms with E-state index in [0.717, 1.165) is 0 Å². The first-order valence-corrected chi connectivity index (χ1v) is 4.94. The molecule has 0 amide bonds. The number of rotatable bonds is 1. The molecule has 0 aliphatic carbocycles. The van der Waals surface area contributed by atoms with E-state index in [4.69, 9.17) is 17.3 Å². The molecule has 72 valence electrons. The van der Waals surface area contributed by atoms with Gasteiger partial charge in [0.2, 0.25) is 0 Å². The van der Waals surface area contributed by atoms with E-state index in [2.05, 4.69) is 15.9 Å². The van der Waals surface area contributed by atoms with E-state index in [0.29, 0.717) is 10.0 Å². The van der Waals surface area contributed by atoms with Gasteiger partial charge in [0.15, 0.2) is 5.82 Å². The minimum Gasteiger partial charge on any atom is -0.322 e. The minimum absolute atomic E-state index is 0.0851. The zero-order valence-electron chi connectivity index (χ0n) is 7.37. The molecule has 0 aliphatic heterocycles. The van der Waals surface area contributed by atoms with Crippen molar-refractivity contribution in [2.75, 3.05) is 0 Å². The number of hydrogen-bond donors (Lipinski definition) is 1. The van der Waals surface area contributed by atoms with E-state index in [-0.39, 0.29) is 5.02 Å². The van der Waals surface area contributed by atoms with Crippen molar-refractivity contribution in [2.24, 2.45) is 5.73 Å². The van der Waals surface area contributed by atoms with Crippen LogP contribution >= 0.6 is 27.5 Å². The molecule has 13 heavy (non-hydrogen) atoms. The summed E-state index contributed by atoms with van der Waals surface area (Å²) in [5.41, 5.74) is 5.79. The number of benzene rings is 1. The van der Waals surface area contributed by atoms with Crippen LogP contribution in [0.2, 0.25) is 5.02 Å². The third kappa shape index (κ3) is 2.22. The van der Waals surface area contributed by atoms with Crippen LogP contribution in [0.1, 0.15) is 19.4 Å². The van der Waals surface area contributed by atoms with Crippen LogP contribution in [0, 0.1) is 5.82 Å². The Labute approximate surface area is 90.2 Å². The number of hydrogen-bond acceptors (Lipinski definition) is 1. The lowest BCUT2D eigenvalue weighted by Gasteiger charge is -2.21. The van der Waals surface area contributed by atoms with Crippen molar-refractivity contribution in [1.82, 2.24) is 0 Å². The van der Waals surface area contributed by atoms with Gasteiger partial charge in [-0.25, -0.2) is 4.39 Å². The Hall–Kier alpha value is -0.120. The van der Waals surface area contributed by atoms with E-state index >= 15 is 0 Å². The first-order chi connectivity index (χ1) is 5.84. The summed E-state index contributed by atoms with van der Waals surface area (Å²) in [6, 6.07) is 3.32. The number of halogens is 3. The largest absolute Gasteiger partial charge is 0.322 e. The second-order valence-electron chi connectivity index (χ2n) is 3.44. The Morgan fingerprint density at radius 2 is 2.00 bits per heavy atom. The lowest BCUT2D eigenvalue weighted by atomic mass is 9.96. The molecule has 0 heterocycles. The van der Waals surface area contributed by atoms with Crippen molar-refractivity contribution in [3.8, 4) is 0 Å². The van der Waals surface area contributed by atoms with Crippen molar-refractivity contribution < 1.29 is 4.39 Å².